The van der Waals surface area contributed by atoms with E-state index in [1.54, 1.807) is 6.07 Å². The molecule has 3 rings (SSSR count). The van der Waals surface area contributed by atoms with Crippen molar-refractivity contribution < 1.29 is 22.4 Å². The van der Waals surface area contributed by atoms with Crippen LogP contribution >= 0.6 is 0 Å². The number of hydrogen-bond acceptors (Lipinski definition) is 3. The summed E-state index contributed by atoms with van der Waals surface area (Å²) in [4.78, 5) is 12.3. The van der Waals surface area contributed by atoms with Crippen molar-refractivity contribution in [1.29, 1.82) is 0 Å². The molecule has 0 saturated heterocycles. The number of aromatic amines is 1. The number of alkyl halides is 2. The summed E-state index contributed by atoms with van der Waals surface area (Å²) in [6.07, 6.45) is 0.678. The molecule has 1 aromatic heterocycles. The largest absolute Gasteiger partial charge is 0.348 e. The average Bonchev–Trinajstić information content (AvgIpc) is 3.06. The van der Waals surface area contributed by atoms with Crippen LogP contribution in [0.25, 0.3) is 11.0 Å². The Kier molecular flexibility index (Phi) is 4.86. The lowest BCUT2D eigenvalue weighted by molar-refractivity contribution is 0.00977. The van der Waals surface area contributed by atoms with E-state index < -0.39 is 29.0 Å². The lowest BCUT2D eigenvalue weighted by Gasteiger charge is -2.14. The van der Waals surface area contributed by atoms with E-state index in [1.807, 2.05) is 13.0 Å². The second-order valence-corrected chi connectivity index (χ2v) is 6.13. The molecule has 1 heterocycles. The number of fused-ring (bicyclic) bond motifs is 1. The molecule has 142 valence electrons. The van der Waals surface area contributed by atoms with Gasteiger partial charge < -0.3 is 5.32 Å². The summed E-state index contributed by atoms with van der Waals surface area (Å²) < 4.78 is 54.4. The lowest BCUT2D eigenvalue weighted by Crippen LogP contribution is -2.25. The minimum absolute atomic E-state index is 0.0425. The minimum Gasteiger partial charge on any atom is -0.348 e. The van der Waals surface area contributed by atoms with Gasteiger partial charge in [0, 0.05) is 24.6 Å². The molecule has 0 aliphatic rings. The zero-order valence-electron chi connectivity index (χ0n) is 14.5. The van der Waals surface area contributed by atoms with Crippen molar-refractivity contribution in [3.8, 4) is 0 Å². The summed E-state index contributed by atoms with van der Waals surface area (Å²) in [5.41, 5.74) is 1.09. The van der Waals surface area contributed by atoms with Gasteiger partial charge in [0.25, 0.3) is 11.8 Å². The summed E-state index contributed by atoms with van der Waals surface area (Å²) in [5.74, 6) is -7.43. The van der Waals surface area contributed by atoms with E-state index in [0.717, 1.165) is 11.1 Å². The molecule has 0 spiro atoms. The maximum atomic E-state index is 13.9. The third-order valence-corrected chi connectivity index (χ3v) is 4.24. The van der Waals surface area contributed by atoms with Crippen molar-refractivity contribution in [3.63, 3.8) is 0 Å². The van der Waals surface area contributed by atoms with Crippen LogP contribution in [0, 0.1) is 11.6 Å². The highest BCUT2D eigenvalue weighted by Crippen LogP contribution is 2.32. The van der Waals surface area contributed by atoms with Crippen LogP contribution in [0.3, 0.4) is 0 Å². The molecule has 0 unspecified atom stereocenters. The van der Waals surface area contributed by atoms with Crippen LogP contribution in [-0.2, 0) is 18.9 Å². The Bertz CT molecular complexity index is 987. The molecule has 5 nitrogen and oxygen atoms in total. The molecule has 0 fully saturated rings. The summed E-state index contributed by atoms with van der Waals surface area (Å²) in [6.45, 7) is 2.36. The minimum atomic E-state index is -3.69. The number of H-pyrrole nitrogens is 1. The van der Waals surface area contributed by atoms with Crippen molar-refractivity contribution >= 4 is 16.9 Å². The number of carbonyl (C=O) groups is 1. The van der Waals surface area contributed by atoms with Gasteiger partial charge in [-0.15, -0.1) is 0 Å². The highest BCUT2D eigenvalue weighted by molar-refractivity contribution is 5.94. The number of aromatic nitrogens is 3. The van der Waals surface area contributed by atoms with Crippen molar-refractivity contribution in [1.82, 2.24) is 20.7 Å². The zero-order valence-corrected chi connectivity index (χ0v) is 14.5. The number of benzene rings is 2. The van der Waals surface area contributed by atoms with Gasteiger partial charge in [-0.2, -0.15) is 15.4 Å². The summed E-state index contributed by atoms with van der Waals surface area (Å²) in [5, 5.41) is 13.1. The van der Waals surface area contributed by atoms with Gasteiger partial charge in [-0.1, -0.05) is 13.0 Å². The topological polar surface area (TPSA) is 70.7 Å². The first kappa shape index (κ1) is 18.8. The van der Waals surface area contributed by atoms with Crippen molar-refractivity contribution in [2.45, 2.75) is 32.7 Å². The highest BCUT2D eigenvalue weighted by Gasteiger charge is 2.33. The van der Waals surface area contributed by atoms with Crippen LogP contribution in [-0.4, -0.2) is 21.3 Å². The summed E-state index contributed by atoms with van der Waals surface area (Å²) in [6, 6.07) is 4.84. The molecular formula is C18H16F4N4O. The predicted octanol–water partition coefficient (Wildman–Crippen LogP) is 3.84. The average molecular weight is 380 g/mol. The third-order valence-electron chi connectivity index (χ3n) is 4.24. The Morgan fingerprint density at radius 2 is 1.85 bits per heavy atom. The highest BCUT2D eigenvalue weighted by atomic mass is 19.3. The molecule has 0 radical (unpaired) electrons. The van der Waals surface area contributed by atoms with Gasteiger partial charge in [-0.25, -0.2) is 17.6 Å². The molecule has 0 bridgehead atoms. The number of hydrogen-bond donors (Lipinski definition) is 2. The molecule has 1 amide bonds. The van der Waals surface area contributed by atoms with E-state index in [-0.39, 0.29) is 12.1 Å². The molecule has 2 aromatic carbocycles. The van der Waals surface area contributed by atoms with Crippen LogP contribution in [0.2, 0.25) is 0 Å². The maximum Gasteiger partial charge on any atom is 0.276 e. The predicted molar refractivity (Wildman–Crippen MR) is 90.4 cm³/mol. The Labute approximate surface area is 151 Å². The van der Waals surface area contributed by atoms with Gasteiger partial charge in [-0.05, 0) is 30.2 Å². The molecule has 2 N–H and O–H groups in total. The Balaban J connectivity index is 1.86. The molecular weight excluding hydrogens is 364 g/mol. The number of nitrogens with one attached hydrogen (secondary N) is 2. The first-order chi connectivity index (χ1) is 12.7. The van der Waals surface area contributed by atoms with Gasteiger partial charge >= 0.3 is 0 Å². The Morgan fingerprint density at radius 3 is 2.44 bits per heavy atom. The van der Waals surface area contributed by atoms with E-state index in [9.17, 15) is 22.4 Å². The van der Waals surface area contributed by atoms with Gasteiger partial charge in [0.2, 0.25) is 0 Å². The first-order valence-corrected chi connectivity index (χ1v) is 8.19. The second-order valence-electron chi connectivity index (χ2n) is 6.13. The zero-order chi connectivity index (χ0) is 19.8. The molecule has 27 heavy (non-hydrogen) atoms. The fraction of sp³-hybridized carbons (Fsp3) is 0.278. The Hall–Kier alpha value is -2.97. The van der Waals surface area contributed by atoms with Crippen molar-refractivity contribution in [3.05, 3.63) is 58.2 Å². The number of carbonyl (C=O) groups excluding carboxylic acids is 1. The summed E-state index contributed by atoms with van der Waals surface area (Å²) >= 11 is 0. The standard InChI is InChI=1S/C18H16F4N4O/c1-3-9-4-5-14-16(25-26-24-14)11(9)8-23-17(27)10-6-12(19)15(13(20)7-10)18(2,21)22/h4-7H,3,8H2,1-2H3,(H,23,27)(H,24,25,26). The van der Waals surface area contributed by atoms with E-state index >= 15 is 0 Å². The van der Waals surface area contributed by atoms with Crippen LogP contribution in [0.4, 0.5) is 17.6 Å². The summed E-state index contributed by atoms with van der Waals surface area (Å²) in [7, 11) is 0. The number of nitrogens with zero attached hydrogens (tertiary/aromatic N) is 2. The normalized spacial score (nSPS) is 11.8. The van der Waals surface area contributed by atoms with Crippen LogP contribution in [0.1, 0.15) is 40.9 Å². The fourth-order valence-electron chi connectivity index (χ4n) is 2.93. The smallest absolute Gasteiger partial charge is 0.276 e. The lowest BCUT2D eigenvalue weighted by atomic mass is 10.0. The van der Waals surface area contributed by atoms with Crippen molar-refractivity contribution in [2.24, 2.45) is 0 Å². The monoisotopic (exact) mass is 380 g/mol. The van der Waals surface area contributed by atoms with E-state index in [2.05, 4.69) is 20.7 Å². The first-order valence-electron chi connectivity index (χ1n) is 8.19. The third kappa shape index (κ3) is 3.62. The maximum absolute atomic E-state index is 13.9. The number of aryl methyl sites for hydroxylation is 1. The van der Waals surface area contributed by atoms with E-state index in [4.69, 9.17) is 0 Å². The number of rotatable bonds is 5. The molecule has 9 heteroatoms. The molecule has 0 saturated carbocycles. The second kappa shape index (κ2) is 6.98. The molecule has 0 aliphatic carbocycles. The van der Waals surface area contributed by atoms with Crippen LogP contribution < -0.4 is 5.32 Å². The molecule has 0 aliphatic heterocycles. The number of amides is 1. The van der Waals surface area contributed by atoms with Crippen LogP contribution in [0.5, 0.6) is 0 Å². The quantitative estimate of drug-likeness (QED) is 0.661. The Morgan fingerprint density at radius 1 is 1.19 bits per heavy atom. The fourth-order valence-corrected chi connectivity index (χ4v) is 2.93. The van der Waals surface area contributed by atoms with Crippen LogP contribution in [0.15, 0.2) is 24.3 Å². The SMILES string of the molecule is CCc1ccc2n[nH]nc2c1CNC(=O)c1cc(F)c(C(C)(F)F)c(F)c1. The number of halogens is 4. The van der Waals surface area contributed by atoms with Gasteiger partial charge in [0.1, 0.15) is 22.7 Å². The van der Waals surface area contributed by atoms with Crippen molar-refractivity contribution in [2.75, 3.05) is 0 Å². The van der Waals surface area contributed by atoms with Gasteiger partial charge in [-0.3, -0.25) is 4.79 Å². The van der Waals surface area contributed by atoms with Gasteiger partial charge in [0.15, 0.2) is 0 Å². The molecule has 0 atom stereocenters. The van der Waals surface area contributed by atoms with Gasteiger partial charge in [0.05, 0.1) is 5.56 Å². The van der Waals surface area contributed by atoms with E-state index in [1.165, 1.54) is 0 Å². The molecule has 3 aromatic rings. The van der Waals surface area contributed by atoms with E-state index in [0.29, 0.717) is 36.5 Å².